The Bertz CT molecular complexity index is 1040. The lowest BCUT2D eigenvalue weighted by atomic mass is 10.1. The minimum atomic E-state index is -3.74. The number of aryl methyl sites for hydroxylation is 1. The van der Waals surface area contributed by atoms with Crippen molar-refractivity contribution in [2.45, 2.75) is 38.1 Å². The molecule has 0 bridgehead atoms. The Labute approximate surface area is 177 Å². The fraction of sp³-hybridized carbons (Fsp3) is 0.409. The van der Waals surface area contributed by atoms with Crippen LogP contribution in [0.3, 0.4) is 0 Å². The van der Waals surface area contributed by atoms with Gasteiger partial charge >= 0.3 is 0 Å². The summed E-state index contributed by atoms with van der Waals surface area (Å²) in [5, 5.41) is 0. The van der Waals surface area contributed by atoms with E-state index in [-0.39, 0.29) is 16.6 Å². The molecule has 0 aromatic heterocycles. The van der Waals surface area contributed by atoms with E-state index in [1.54, 1.807) is 56.9 Å². The smallest absolute Gasteiger partial charge is 0.254 e. The van der Waals surface area contributed by atoms with E-state index in [9.17, 15) is 17.6 Å². The summed E-state index contributed by atoms with van der Waals surface area (Å²) in [6, 6.07) is 11.2. The molecule has 0 radical (unpaired) electrons. The van der Waals surface area contributed by atoms with E-state index >= 15 is 0 Å². The highest BCUT2D eigenvalue weighted by Crippen LogP contribution is 2.23. The van der Waals surface area contributed by atoms with Gasteiger partial charge in [-0.15, -0.1) is 0 Å². The molecule has 162 valence electrons. The van der Waals surface area contributed by atoms with Crippen molar-refractivity contribution in [1.82, 2.24) is 9.62 Å². The van der Waals surface area contributed by atoms with Crippen molar-refractivity contribution in [3.8, 4) is 0 Å². The third-order valence-electron chi connectivity index (χ3n) is 4.95. The minimum Gasteiger partial charge on any atom is -0.366 e. The number of nitrogens with zero attached hydrogens (tertiary/aromatic N) is 2. The van der Waals surface area contributed by atoms with Crippen molar-refractivity contribution in [3.63, 3.8) is 0 Å². The number of piperazine rings is 1. The normalized spacial score (nSPS) is 15.4. The Kier molecular flexibility index (Phi) is 6.19. The Morgan fingerprint density at radius 1 is 1.03 bits per heavy atom. The molecule has 30 heavy (non-hydrogen) atoms. The molecular weight excluding hydrogens is 405 g/mol. The molecule has 1 fully saturated rings. The van der Waals surface area contributed by atoms with Gasteiger partial charge in [0, 0.05) is 37.3 Å². The predicted molar refractivity (Wildman–Crippen MR) is 116 cm³/mol. The standard InChI is InChI=1S/C22H28FN3O3S/c1-16-9-10-17(30(28,29)24-22(2,3)4)15-18(16)21(27)26-13-11-25(12-14-26)20-8-6-5-7-19(20)23/h5-10,15,24H,11-14H2,1-4H3. The van der Waals surface area contributed by atoms with Crippen LogP contribution in [0, 0.1) is 12.7 Å². The second-order valence-electron chi connectivity index (χ2n) is 8.56. The molecule has 1 heterocycles. The number of carbonyl (C=O) groups excluding carboxylic acids is 1. The van der Waals surface area contributed by atoms with Gasteiger partial charge in [-0.25, -0.2) is 17.5 Å². The predicted octanol–water partition coefficient (Wildman–Crippen LogP) is 3.17. The Hall–Kier alpha value is -2.45. The molecule has 0 unspecified atom stereocenters. The van der Waals surface area contributed by atoms with Crippen LogP contribution in [0.25, 0.3) is 0 Å². The summed E-state index contributed by atoms with van der Waals surface area (Å²) < 4.78 is 42.0. The molecule has 0 spiro atoms. The second kappa shape index (κ2) is 8.35. The molecule has 2 aromatic rings. The van der Waals surface area contributed by atoms with E-state index in [0.29, 0.717) is 43.0 Å². The molecule has 1 amide bonds. The molecule has 3 rings (SSSR count). The van der Waals surface area contributed by atoms with Gasteiger partial charge in [0.2, 0.25) is 10.0 Å². The zero-order valence-corrected chi connectivity index (χ0v) is 18.6. The first-order valence-corrected chi connectivity index (χ1v) is 11.4. The number of rotatable bonds is 4. The highest BCUT2D eigenvalue weighted by molar-refractivity contribution is 7.89. The highest BCUT2D eigenvalue weighted by atomic mass is 32.2. The minimum absolute atomic E-state index is 0.0661. The maximum Gasteiger partial charge on any atom is 0.254 e. The number of amides is 1. The summed E-state index contributed by atoms with van der Waals surface area (Å²) in [5.74, 6) is -0.495. The van der Waals surface area contributed by atoms with Gasteiger partial charge in [-0.3, -0.25) is 4.79 Å². The van der Waals surface area contributed by atoms with Crippen LogP contribution in [0.5, 0.6) is 0 Å². The van der Waals surface area contributed by atoms with Crippen LogP contribution >= 0.6 is 0 Å². The Balaban J connectivity index is 1.77. The lowest BCUT2D eigenvalue weighted by Crippen LogP contribution is -2.49. The monoisotopic (exact) mass is 433 g/mol. The number of nitrogens with one attached hydrogen (secondary N) is 1. The topological polar surface area (TPSA) is 69.7 Å². The van der Waals surface area contributed by atoms with Crippen molar-refractivity contribution in [1.29, 1.82) is 0 Å². The van der Waals surface area contributed by atoms with Gasteiger partial charge in [-0.2, -0.15) is 0 Å². The fourth-order valence-electron chi connectivity index (χ4n) is 3.49. The zero-order valence-electron chi connectivity index (χ0n) is 17.8. The van der Waals surface area contributed by atoms with Gasteiger partial charge < -0.3 is 9.80 Å². The molecule has 2 aromatic carbocycles. The molecule has 1 saturated heterocycles. The number of halogens is 1. The number of hydrogen-bond acceptors (Lipinski definition) is 4. The molecule has 8 heteroatoms. The van der Waals surface area contributed by atoms with E-state index in [2.05, 4.69) is 4.72 Å². The summed E-state index contributed by atoms with van der Waals surface area (Å²) in [6.07, 6.45) is 0. The maximum absolute atomic E-state index is 14.0. The van der Waals surface area contributed by atoms with Crippen molar-refractivity contribution >= 4 is 21.6 Å². The summed E-state index contributed by atoms with van der Waals surface area (Å²) in [6.45, 7) is 8.97. The number of hydrogen-bond donors (Lipinski definition) is 1. The molecule has 1 aliphatic heterocycles. The lowest BCUT2D eigenvalue weighted by molar-refractivity contribution is 0.0745. The summed E-state index contributed by atoms with van der Waals surface area (Å²) in [7, 11) is -3.74. The van der Waals surface area contributed by atoms with Crippen LogP contribution in [-0.2, 0) is 10.0 Å². The van der Waals surface area contributed by atoms with Gasteiger partial charge in [-0.1, -0.05) is 18.2 Å². The Morgan fingerprint density at radius 3 is 2.27 bits per heavy atom. The summed E-state index contributed by atoms with van der Waals surface area (Å²) >= 11 is 0. The fourth-order valence-corrected chi connectivity index (χ4v) is 4.93. The summed E-state index contributed by atoms with van der Waals surface area (Å²) in [5.41, 5.74) is 0.983. The SMILES string of the molecule is Cc1ccc(S(=O)(=O)NC(C)(C)C)cc1C(=O)N1CCN(c2ccccc2F)CC1. The first kappa shape index (κ1) is 22.2. The largest absolute Gasteiger partial charge is 0.366 e. The molecule has 6 nitrogen and oxygen atoms in total. The van der Waals surface area contributed by atoms with Gasteiger partial charge in [0.15, 0.2) is 0 Å². The van der Waals surface area contributed by atoms with Crippen LogP contribution in [0.15, 0.2) is 47.4 Å². The Morgan fingerprint density at radius 2 is 1.67 bits per heavy atom. The maximum atomic E-state index is 14.0. The molecule has 0 aliphatic carbocycles. The first-order valence-electron chi connectivity index (χ1n) is 9.91. The van der Waals surface area contributed by atoms with Crippen LogP contribution in [-0.4, -0.2) is 50.9 Å². The van der Waals surface area contributed by atoms with E-state index < -0.39 is 15.6 Å². The molecule has 0 saturated carbocycles. The van der Waals surface area contributed by atoms with Crippen molar-refractivity contribution in [2.75, 3.05) is 31.1 Å². The average Bonchev–Trinajstić information content (AvgIpc) is 2.66. The lowest BCUT2D eigenvalue weighted by Gasteiger charge is -2.36. The van der Waals surface area contributed by atoms with E-state index in [1.165, 1.54) is 18.2 Å². The van der Waals surface area contributed by atoms with Crippen molar-refractivity contribution < 1.29 is 17.6 Å². The van der Waals surface area contributed by atoms with Gasteiger partial charge in [0.25, 0.3) is 5.91 Å². The van der Waals surface area contributed by atoms with Crippen LogP contribution in [0.4, 0.5) is 10.1 Å². The molecular formula is C22H28FN3O3S. The van der Waals surface area contributed by atoms with Crippen LogP contribution < -0.4 is 9.62 Å². The molecule has 1 aliphatic rings. The van der Waals surface area contributed by atoms with Gasteiger partial charge in [-0.05, 0) is 57.5 Å². The summed E-state index contributed by atoms with van der Waals surface area (Å²) in [4.78, 5) is 16.8. The zero-order chi connectivity index (χ0) is 22.1. The third kappa shape index (κ3) is 4.99. The highest BCUT2D eigenvalue weighted by Gasteiger charge is 2.27. The van der Waals surface area contributed by atoms with Gasteiger partial charge in [0.05, 0.1) is 10.6 Å². The number of para-hydroxylation sites is 1. The van der Waals surface area contributed by atoms with Crippen molar-refractivity contribution in [2.24, 2.45) is 0 Å². The van der Waals surface area contributed by atoms with Crippen LogP contribution in [0.1, 0.15) is 36.7 Å². The van der Waals surface area contributed by atoms with Crippen molar-refractivity contribution in [3.05, 3.63) is 59.4 Å². The quantitative estimate of drug-likeness (QED) is 0.804. The third-order valence-corrected chi connectivity index (χ3v) is 6.71. The van der Waals surface area contributed by atoms with Crippen LogP contribution in [0.2, 0.25) is 0 Å². The van der Waals surface area contributed by atoms with Gasteiger partial charge in [0.1, 0.15) is 5.82 Å². The number of sulfonamides is 1. The number of anilines is 1. The molecule has 1 N–H and O–H groups in total. The first-order chi connectivity index (χ1) is 14.0. The average molecular weight is 434 g/mol. The number of benzene rings is 2. The second-order valence-corrected chi connectivity index (χ2v) is 10.2. The number of carbonyl (C=O) groups is 1. The van der Waals surface area contributed by atoms with E-state index in [4.69, 9.17) is 0 Å². The molecule has 0 atom stereocenters. The van der Waals surface area contributed by atoms with E-state index in [1.807, 2.05) is 4.90 Å². The van der Waals surface area contributed by atoms with E-state index in [0.717, 1.165) is 0 Å².